The summed E-state index contributed by atoms with van der Waals surface area (Å²) in [5, 5.41) is 0. The van der Waals surface area contributed by atoms with Crippen molar-refractivity contribution in [2.45, 2.75) is 19.4 Å². The van der Waals surface area contributed by atoms with Crippen LogP contribution < -0.4 is 5.73 Å². The third-order valence-corrected chi connectivity index (χ3v) is 1.95. The van der Waals surface area contributed by atoms with Crippen molar-refractivity contribution in [2.75, 3.05) is 0 Å². The molecule has 0 aromatic carbocycles. The molecule has 0 aliphatic carbocycles. The molecule has 0 fully saturated rings. The SMILES string of the molecule is C=Cc1cnccc1[C@@H](N)CC. The standard InChI is InChI=1S/C10H14N2/c1-3-8-7-12-6-5-9(8)10(11)4-2/h3,5-7,10H,1,4,11H2,2H3/t10-/m0/s1. The summed E-state index contributed by atoms with van der Waals surface area (Å²) in [5.41, 5.74) is 8.06. The average molecular weight is 162 g/mol. The Hall–Kier alpha value is -1.15. The van der Waals surface area contributed by atoms with Gasteiger partial charge in [0.15, 0.2) is 0 Å². The van der Waals surface area contributed by atoms with E-state index in [1.807, 2.05) is 6.07 Å². The van der Waals surface area contributed by atoms with Crippen LogP contribution in [0.3, 0.4) is 0 Å². The zero-order valence-electron chi connectivity index (χ0n) is 7.33. The molecule has 0 aliphatic heterocycles. The van der Waals surface area contributed by atoms with Gasteiger partial charge in [0.2, 0.25) is 0 Å². The lowest BCUT2D eigenvalue weighted by molar-refractivity contribution is 0.696. The van der Waals surface area contributed by atoms with E-state index in [4.69, 9.17) is 5.73 Å². The molecular formula is C10H14N2. The topological polar surface area (TPSA) is 38.9 Å². The van der Waals surface area contributed by atoms with Crippen LogP contribution in [0, 0.1) is 0 Å². The first-order valence-electron chi connectivity index (χ1n) is 4.11. The van der Waals surface area contributed by atoms with Gasteiger partial charge < -0.3 is 5.73 Å². The minimum atomic E-state index is 0.0981. The summed E-state index contributed by atoms with van der Waals surface area (Å²) in [6, 6.07) is 2.05. The van der Waals surface area contributed by atoms with Crippen LogP contribution >= 0.6 is 0 Å². The van der Waals surface area contributed by atoms with E-state index in [0.29, 0.717) is 0 Å². The highest BCUT2D eigenvalue weighted by molar-refractivity contribution is 5.51. The van der Waals surface area contributed by atoms with Crippen molar-refractivity contribution in [1.82, 2.24) is 4.98 Å². The monoisotopic (exact) mass is 162 g/mol. The van der Waals surface area contributed by atoms with Crippen molar-refractivity contribution < 1.29 is 0 Å². The second kappa shape index (κ2) is 4.02. The number of aromatic nitrogens is 1. The molecule has 0 aliphatic rings. The van der Waals surface area contributed by atoms with Gasteiger partial charge in [0.05, 0.1) is 0 Å². The van der Waals surface area contributed by atoms with Gasteiger partial charge in [-0.25, -0.2) is 0 Å². The number of rotatable bonds is 3. The van der Waals surface area contributed by atoms with Gasteiger partial charge in [0.1, 0.15) is 0 Å². The van der Waals surface area contributed by atoms with Crippen LogP contribution in [0.5, 0.6) is 0 Å². The molecule has 0 saturated carbocycles. The average Bonchev–Trinajstić information content (AvgIpc) is 2.16. The zero-order chi connectivity index (χ0) is 8.97. The molecule has 2 heteroatoms. The Morgan fingerprint density at radius 1 is 1.75 bits per heavy atom. The second-order valence-electron chi connectivity index (χ2n) is 2.72. The van der Waals surface area contributed by atoms with Crippen molar-refractivity contribution in [1.29, 1.82) is 0 Å². The molecular weight excluding hydrogens is 148 g/mol. The van der Waals surface area contributed by atoms with Gasteiger partial charge in [0.25, 0.3) is 0 Å². The highest BCUT2D eigenvalue weighted by Gasteiger charge is 2.05. The van der Waals surface area contributed by atoms with Gasteiger partial charge in [-0.15, -0.1) is 0 Å². The molecule has 1 aromatic heterocycles. The molecule has 0 radical (unpaired) electrons. The predicted octanol–water partition coefficient (Wildman–Crippen LogP) is 2.13. The lowest BCUT2D eigenvalue weighted by Gasteiger charge is -2.11. The highest BCUT2D eigenvalue weighted by Crippen LogP contribution is 2.17. The quantitative estimate of drug-likeness (QED) is 0.739. The fraction of sp³-hybridized carbons (Fsp3) is 0.300. The summed E-state index contributed by atoms with van der Waals surface area (Å²) < 4.78 is 0. The molecule has 2 N–H and O–H groups in total. The maximum Gasteiger partial charge on any atom is 0.0343 e. The highest BCUT2D eigenvalue weighted by atomic mass is 14.7. The third kappa shape index (κ3) is 1.71. The summed E-state index contributed by atoms with van der Waals surface area (Å²) >= 11 is 0. The molecule has 12 heavy (non-hydrogen) atoms. The zero-order valence-corrected chi connectivity index (χ0v) is 7.33. The maximum atomic E-state index is 5.90. The van der Waals surface area contributed by atoms with Crippen LogP contribution in [0.2, 0.25) is 0 Å². The normalized spacial score (nSPS) is 12.5. The molecule has 1 atom stereocenters. The molecule has 64 valence electrons. The van der Waals surface area contributed by atoms with Crippen molar-refractivity contribution in [3.05, 3.63) is 36.2 Å². The van der Waals surface area contributed by atoms with Crippen LogP contribution in [0.1, 0.15) is 30.5 Å². The molecule has 0 bridgehead atoms. The molecule has 1 heterocycles. The van der Waals surface area contributed by atoms with E-state index in [-0.39, 0.29) is 6.04 Å². The molecule has 0 saturated heterocycles. The fourth-order valence-electron chi connectivity index (χ4n) is 1.15. The van der Waals surface area contributed by atoms with Crippen LogP contribution in [0.4, 0.5) is 0 Å². The van der Waals surface area contributed by atoms with Crippen molar-refractivity contribution in [2.24, 2.45) is 5.73 Å². The first kappa shape index (κ1) is 8.94. The van der Waals surface area contributed by atoms with Gasteiger partial charge in [-0.2, -0.15) is 0 Å². The molecule has 1 rings (SSSR count). The number of hydrogen-bond donors (Lipinski definition) is 1. The first-order chi connectivity index (χ1) is 5.79. The third-order valence-electron chi connectivity index (χ3n) is 1.95. The Morgan fingerprint density at radius 3 is 3.08 bits per heavy atom. The van der Waals surface area contributed by atoms with E-state index < -0.39 is 0 Å². The summed E-state index contributed by atoms with van der Waals surface area (Å²) in [7, 11) is 0. The predicted molar refractivity (Wildman–Crippen MR) is 51.5 cm³/mol. The lowest BCUT2D eigenvalue weighted by atomic mass is 10.0. The van der Waals surface area contributed by atoms with Gasteiger partial charge in [-0.3, -0.25) is 4.98 Å². The summed E-state index contributed by atoms with van der Waals surface area (Å²) in [6.45, 7) is 5.78. The number of pyridine rings is 1. The van der Waals surface area contributed by atoms with Crippen molar-refractivity contribution in [3.8, 4) is 0 Å². The lowest BCUT2D eigenvalue weighted by Crippen LogP contribution is -2.10. The molecule has 0 spiro atoms. The van der Waals surface area contributed by atoms with Crippen molar-refractivity contribution >= 4 is 6.08 Å². The van der Waals surface area contributed by atoms with E-state index >= 15 is 0 Å². The minimum Gasteiger partial charge on any atom is -0.324 e. The van der Waals surface area contributed by atoms with Gasteiger partial charge in [0, 0.05) is 18.4 Å². The van der Waals surface area contributed by atoms with Crippen molar-refractivity contribution in [3.63, 3.8) is 0 Å². The van der Waals surface area contributed by atoms with E-state index in [2.05, 4.69) is 18.5 Å². The van der Waals surface area contributed by atoms with E-state index in [9.17, 15) is 0 Å². The minimum absolute atomic E-state index is 0.0981. The summed E-state index contributed by atoms with van der Waals surface area (Å²) in [6.07, 6.45) is 6.28. The smallest absolute Gasteiger partial charge is 0.0343 e. The molecule has 1 aromatic rings. The first-order valence-corrected chi connectivity index (χ1v) is 4.11. The Morgan fingerprint density at radius 2 is 2.50 bits per heavy atom. The summed E-state index contributed by atoms with van der Waals surface area (Å²) in [5.74, 6) is 0. The maximum absolute atomic E-state index is 5.90. The number of nitrogens with zero attached hydrogens (tertiary/aromatic N) is 1. The van der Waals surface area contributed by atoms with Crippen LogP contribution in [0.25, 0.3) is 6.08 Å². The Balaban J connectivity index is 3.04. The van der Waals surface area contributed by atoms with E-state index in [1.165, 1.54) is 0 Å². The largest absolute Gasteiger partial charge is 0.324 e. The van der Waals surface area contributed by atoms with Gasteiger partial charge >= 0.3 is 0 Å². The Kier molecular flexibility index (Phi) is 3.00. The Bertz CT molecular complexity index is 268. The Labute approximate surface area is 73.1 Å². The molecule has 2 nitrogen and oxygen atoms in total. The number of hydrogen-bond acceptors (Lipinski definition) is 2. The summed E-state index contributed by atoms with van der Waals surface area (Å²) in [4.78, 5) is 4.01. The van der Waals surface area contributed by atoms with Crippen LogP contribution in [-0.4, -0.2) is 4.98 Å². The van der Waals surface area contributed by atoms with E-state index in [0.717, 1.165) is 17.5 Å². The molecule has 0 amide bonds. The van der Waals surface area contributed by atoms with E-state index in [1.54, 1.807) is 18.5 Å². The van der Waals surface area contributed by atoms with Gasteiger partial charge in [-0.1, -0.05) is 19.6 Å². The van der Waals surface area contributed by atoms with Crippen LogP contribution in [-0.2, 0) is 0 Å². The van der Waals surface area contributed by atoms with Crippen LogP contribution in [0.15, 0.2) is 25.0 Å². The van der Waals surface area contributed by atoms with Gasteiger partial charge in [-0.05, 0) is 23.6 Å². The second-order valence-corrected chi connectivity index (χ2v) is 2.72. The molecule has 0 unspecified atom stereocenters. The number of nitrogens with two attached hydrogens (primary N) is 1. The fourth-order valence-corrected chi connectivity index (χ4v) is 1.15.